The second kappa shape index (κ2) is 3.42. The molecule has 0 aliphatic rings. The van der Waals surface area contributed by atoms with Crippen LogP contribution in [0.5, 0.6) is 0 Å². The third-order valence-electron chi connectivity index (χ3n) is 0.869. The number of nitriles is 1. The summed E-state index contributed by atoms with van der Waals surface area (Å²) in [6.07, 6.45) is -1.01. The molecule has 0 aromatic heterocycles. The molecular weight excluding hydrogens is 106 g/mol. The van der Waals surface area contributed by atoms with Crippen molar-refractivity contribution in [3.8, 4) is 6.07 Å². The van der Waals surface area contributed by atoms with Crippen LogP contribution in [0.4, 0.5) is 0 Å². The Morgan fingerprint density at radius 1 is 1.75 bits per heavy atom. The topological polar surface area (TPSA) is 64.2 Å². The van der Waals surface area contributed by atoms with Gasteiger partial charge in [0.05, 0.1) is 18.1 Å². The molecule has 0 aliphatic carbocycles. The average molecular weight is 114 g/mol. The van der Waals surface area contributed by atoms with E-state index in [2.05, 4.69) is 0 Å². The Hall–Kier alpha value is -0.590. The second-order valence-corrected chi connectivity index (χ2v) is 1.56. The van der Waals surface area contributed by atoms with Gasteiger partial charge < -0.3 is 10.2 Å². The van der Waals surface area contributed by atoms with E-state index < -0.39 is 12.0 Å². The first kappa shape index (κ1) is 7.41. The number of nitrogens with zero attached hydrogens (tertiary/aromatic N) is 1. The van der Waals surface area contributed by atoms with E-state index in [0.29, 0.717) is 6.61 Å². The molecule has 0 aromatic carbocycles. The van der Waals surface area contributed by atoms with Crippen molar-refractivity contribution < 1.29 is 10.2 Å². The van der Waals surface area contributed by atoms with E-state index in [1.165, 1.54) is 6.92 Å². The summed E-state index contributed by atoms with van der Waals surface area (Å²) in [5, 5.41) is 24.8. The minimum absolute atomic E-state index is 0.528. The van der Waals surface area contributed by atoms with Gasteiger partial charge in [-0.3, -0.25) is 0 Å². The first-order valence-electron chi connectivity index (χ1n) is 2.27. The van der Waals surface area contributed by atoms with Crippen molar-refractivity contribution in [1.82, 2.24) is 0 Å². The summed E-state index contributed by atoms with van der Waals surface area (Å²) in [5.74, 6) is -0.528. The molecule has 0 spiro atoms. The number of hydrogen-bond donors (Lipinski definition) is 2. The fourth-order valence-electron chi connectivity index (χ4n) is 0.205. The quantitative estimate of drug-likeness (QED) is 0.532. The van der Waals surface area contributed by atoms with Crippen LogP contribution >= 0.6 is 0 Å². The van der Waals surface area contributed by atoms with Crippen molar-refractivity contribution >= 4 is 0 Å². The Morgan fingerprint density at radius 3 is 2.38 bits per heavy atom. The van der Waals surface area contributed by atoms with Crippen LogP contribution in [0, 0.1) is 23.9 Å². The van der Waals surface area contributed by atoms with Crippen LogP contribution < -0.4 is 0 Å². The van der Waals surface area contributed by atoms with Gasteiger partial charge in [0, 0.05) is 0 Å². The van der Waals surface area contributed by atoms with E-state index in [-0.39, 0.29) is 0 Å². The van der Waals surface area contributed by atoms with Gasteiger partial charge in [-0.1, -0.05) is 0 Å². The monoisotopic (exact) mass is 114 g/mol. The lowest BCUT2D eigenvalue weighted by Crippen LogP contribution is -2.15. The maximum absolute atomic E-state index is 8.60. The van der Waals surface area contributed by atoms with Crippen LogP contribution in [0.1, 0.15) is 6.92 Å². The molecule has 2 N–H and O–H groups in total. The predicted molar refractivity (Wildman–Crippen MR) is 27.0 cm³/mol. The minimum Gasteiger partial charge on any atom is -0.389 e. The standard InChI is InChI=1S/C5H8NO2/c1-4(2-6)5(8)3-7/h3-5,7-8H,1H3/t4?,5-/m1/s1. The van der Waals surface area contributed by atoms with Gasteiger partial charge in [0.15, 0.2) is 0 Å². The smallest absolute Gasteiger partial charge is 0.110 e. The maximum atomic E-state index is 8.60. The first-order chi connectivity index (χ1) is 3.72. The molecule has 0 heterocycles. The molecule has 0 aromatic rings. The molecule has 8 heavy (non-hydrogen) atoms. The molecule has 3 nitrogen and oxygen atoms in total. The van der Waals surface area contributed by atoms with Crippen molar-refractivity contribution in [2.24, 2.45) is 5.92 Å². The summed E-state index contributed by atoms with van der Waals surface area (Å²) >= 11 is 0. The number of rotatable bonds is 2. The van der Waals surface area contributed by atoms with Gasteiger partial charge in [-0.05, 0) is 6.92 Å². The molecule has 45 valence electrons. The third kappa shape index (κ3) is 1.92. The summed E-state index contributed by atoms with van der Waals surface area (Å²) in [6.45, 7) is 2.13. The van der Waals surface area contributed by atoms with Gasteiger partial charge in [-0.25, -0.2) is 0 Å². The molecule has 3 heteroatoms. The number of hydrogen-bond acceptors (Lipinski definition) is 3. The molecule has 0 amide bonds. The van der Waals surface area contributed by atoms with Crippen molar-refractivity contribution in [3.05, 3.63) is 6.61 Å². The van der Waals surface area contributed by atoms with Gasteiger partial charge in [0.1, 0.15) is 6.61 Å². The zero-order valence-electron chi connectivity index (χ0n) is 4.57. The highest BCUT2D eigenvalue weighted by Gasteiger charge is 2.10. The SMILES string of the molecule is CC(C#N)[C@H](O)[CH]O. The molecule has 1 unspecified atom stereocenters. The van der Waals surface area contributed by atoms with Crippen LogP contribution in [-0.2, 0) is 0 Å². The van der Waals surface area contributed by atoms with Crippen LogP contribution in [0.15, 0.2) is 0 Å². The molecule has 0 aliphatic heterocycles. The summed E-state index contributed by atoms with van der Waals surface area (Å²) in [6, 6.07) is 1.77. The largest absolute Gasteiger partial charge is 0.389 e. The van der Waals surface area contributed by atoms with Gasteiger partial charge in [-0.15, -0.1) is 0 Å². The average Bonchev–Trinajstić information content (AvgIpc) is 1.84. The summed E-state index contributed by atoms with van der Waals surface area (Å²) in [5.41, 5.74) is 0. The van der Waals surface area contributed by atoms with E-state index in [0.717, 1.165) is 0 Å². The molecule has 0 fully saturated rings. The van der Waals surface area contributed by atoms with E-state index in [1.54, 1.807) is 6.07 Å². The molecule has 2 atom stereocenters. The summed E-state index contributed by atoms with van der Waals surface area (Å²) < 4.78 is 0. The Morgan fingerprint density at radius 2 is 2.25 bits per heavy atom. The lowest BCUT2D eigenvalue weighted by atomic mass is 10.1. The van der Waals surface area contributed by atoms with Gasteiger partial charge in [0.2, 0.25) is 0 Å². The molecule has 0 saturated carbocycles. The van der Waals surface area contributed by atoms with Crippen LogP contribution in [0.25, 0.3) is 0 Å². The van der Waals surface area contributed by atoms with Crippen LogP contribution in [0.2, 0.25) is 0 Å². The molecule has 0 bridgehead atoms. The summed E-state index contributed by atoms with van der Waals surface area (Å²) in [7, 11) is 0. The van der Waals surface area contributed by atoms with Gasteiger partial charge >= 0.3 is 0 Å². The highest BCUT2D eigenvalue weighted by atomic mass is 16.3. The Bertz CT molecular complexity index is 97.1. The fraction of sp³-hybridized carbons (Fsp3) is 0.600. The van der Waals surface area contributed by atoms with Crippen molar-refractivity contribution in [2.45, 2.75) is 13.0 Å². The Kier molecular flexibility index (Phi) is 3.16. The molecule has 0 saturated heterocycles. The van der Waals surface area contributed by atoms with E-state index in [4.69, 9.17) is 15.5 Å². The first-order valence-corrected chi connectivity index (χ1v) is 2.27. The van der Waals surface area contributed by atoms with E-state index >= 15 is 0 Å². The van der Waals surface area contributed by atoms with Crippen LogP contribution in [-0.4, -0.2) is 16.3 Å². The van der Waals surface area contributed by atoms with Gasteiger partial charge in [-0.2, -0.15) is 5.26 Å². The normalized spacial score (nSPS) is 16.8. The van der Waals surface area contributed by atoms with Crippen molar-refractivity contribution in [1.29, 1.82) is 5.26 Å². The lowest BCUT2D eigenvalue weighted by Gasteiger charge is -2.05. The summed E-state index contributed by atoms with van der Waals surface area (Å²) in [4.78, 5) is 0. The highest BCUT2D eigenvalue weighted by molar-refractivity contribution is 4.87. The lowest BCUT2D eigenvalue weighted by molar-refractivity contribution is 0.117. The maximum Gasteiger partial charge on any atom is 0.110 e. The van der Waals surface area contributed by atoms with E-state index in [1.807, 2.05) is 0 Å². The highest BCUT2D eigenvalue weighted by Crippen LogP contribution is 2.00. The van der Waals surface area contributed by atoms with Crippen LogP contribution in [0.3, 0.4) is 0 Å². The van der Waals surface area contributed by atoms with Crippen molar-refractivity contribution in [3.63, 3.8) is 0 Å². The third-order valence-corrected chi connectivity index (χ3v) is 0.869. The van der Waals surface area contributed by atoms with Crippen molar-refractivity contribution in [2.75, 3.05) is 0 Å². The second-order valence-electron chi connectivity index (χ2n) is 1.56. The predicted octanol–water partition coefficient (Wildman–Crippen LogP) is 0.0413. The Labute approximate surface area is 48.2 Å². The number of aliphatic hydroxyl groups excluding tert-OH is 2. The molecule has 1 radical (unpaired) electrons. The number of aliphatic hydroxyl groups is 2. The van der Waals surface area contributed by atoms with E-state index in [9.17, 15) is 0 Å². The fourth-order valence-corrected chi connectivity index (χ4v) is 0.205. The zero-order valence-corrected chi connectivity index (χ0v) is 4.57. The Balaban J connectivity index is 3.49. The van der Waals surface area contributed by atoms with Gasteiger partial charge in [0.25, 0.3) is 0 Å². The molecular formula is C5H8NO2. The minimum atomic E-state index is -1.01. The zero-order chi connectivity index (χ0) is 6.57. The molecule has 0 rings (SSSR count).